The summed E-state index contributed by atoms with van der Waals surface area (Å²) in [5, 5.41) is 14.6. The quantitative estimate of drug-likeness (QED) is 0.604. The molecule has 2 fully saturated rings. The van der Waals surface area contributed by atoms with E-state index in [1.165, 1.54) is 12.1 Å². The SMILES string of the molecule is O=C(N[C@@]1(c2cccnn2)CCNC1)c1ccc(C2CCN(C(=O)c3ccccc3F)CC2)o1. The van der Waals surface area contributed by atoms with Crippen molar-refractivity contribution in [1.82, 2.24) is 25.7 Å². The van der Waals surface area contributed by atoms with Gasteiger partial charge in [-0.3, -0.25) is 9.59 Å². The molecule has 2 amide bonds. The Hall–Kier alpha value is -3.59. The smallest absolute Gasteiger partial charge is 0.287 e. The van der Waals surface area contributed by atoms with Crippen LogP contribution in [0.3, 0.4) is 0 Å². The lowest BCUT2D eigenvalue weighted by Crippen LogP contribution is -2.48. The zero-order valence-electron chi connectivity index (χ0n) is 18.7. The predicted octanol–water partition coefficient (Wildman–Crippen LogP) is 2.85. The number of carbonyl (C=O) groups excluding carboxylic acids is 2. The van der Waals surface area contributed by atoms with E-state index in [9.17, 15) is 14.0 Å². The van der Waals surface area contributed by atoms with Crippen LogP contribution in [-0.4, -0.2) is 53.1 Å². The normalized spacial score (nSPS) is 20.9. The first-order chi connectivity index (χ1) is 16.6. The van der Waals surface area contributed by atoms with Gasteiger partial charge in [-0.25, -0.2) is 4.39 Å². The summed E-state index contributed by atoms with van der Waals surface area (Å²) >= 11 is 0. The third-order valence-corrected chi connectivity index (χ3v) is 6.71. The topological polar surface area (TPSA) is 100 Å². The summed E-state index contributed by atoms with van der Waals surface area (Å²) in [5.41, 5.74) is 0.180. The molecule has 34 heavy (non-hydrogen) atoms. The molecule has 8 nitrogen and oxygen atoms in total. The van der Waals surface area contributed by atoms with E-state index in [-0.39, 0.29) is 29.1 Å². The van der Waals surface area contributed by atoms with E-state index >= 15 is 0 Å². The third-order valence-electron chi connectivity index (χ3n) is 6.71. The fourth-order valence-electron chi connectivity index (χ4n) is 4.78. The van der Waals surface area contributed by atoms with Gasteiger partial charge >= 0.3 is 0 Å². The van der Waals surface area contributed by atoms with Gasteiger partial charge in [0.2, 0.25) is 0 Å². The summed E-state index contributed by atoms with van der Waals surface area (Å²) in [6.07, 6.45) is 3.68. The number of piperidine rings is 1. The van der Waals surface area contributed by atoms with Crippen molar-refractivity contribution in [2.24, 2.45) is 0 Å². The Labute approximate surface area is 196 Å². The van der Waals surface area contributed by atoms with Crippen LogP contribution in [0.4, 0.5) is 4.39 Å². The number of rotatable bonds is 5. The number of nitrogens with zero attached hydrogens (tertiary/aromatic N) is 3. The molecule has 1 aromatic carbocycles. The van der Waals surface area contributed by atoms with E-state index in [0.717, 1.165) is 12.3 Å². The molecule has 0 unspecified atom stereocenters. The van der Waals surface area contributed by atoms with Crippen LogP contribution >= 0.6 is 0 Å². The van der Waals surface area contributed by atoms with E-state index in [2.05, 4.69) is 20.8 Å². The van der Waals surface area contributed by atoms with Gasteiger partial charge in [0.15, 0.2) is 5.76 Å². The number of benzene rings is 1. The number of likely N-dealkylation sites (tertiary alicyclic amines) is 1. The molecular formula is C25H26FN5O3. The monoisotopic (exact) mass is 463 g/mol. The molecule has 2 saturated heterocycles. The van der Waals surface area contributed by atoms with Gasteiger partial charge in [-0.2, -0.15) is 10.2 Å². The molecule has 0 radical (unpaired) electrons. The van der Waals surface area contributed by atoms with E-state index < -0.39 is 11.4 Å². The average molecular weight is 464 g/mol. The molecular weight excluding hydrogens is 437 g/mol. The van der Waals surface area contributed by atoms with Crippen molar-refractivity contribution in [1.29, 1.82) is 0 Å². The summed E-state index contributed by atoms with van der Waals surface area (Å²) < 4.78 is 19.9. The number of furan rings is 1. The Balaban J connectivity index is 1.23. The van der Waals surface area contributed by atoms with Crippen LogP contribution in [-0.2, 0) is 5.54 Å². The molecule has 4 heterocycles. The maximum absolute atomic E-state index is 14.0. The van der Waals surface area contributed by atoms with Crippen LogP contribution < -0.4 is 10.6 Å². The van der Waals surface area contributed by atoms with E-state index in [4.69, 9.17) is 4.42 Å². The van der Waals surface area contributed by atoms with E-state index in [1.807, 2.05) is 18.2 Å². The summed E-state index contributed by atoms with van der Waals surface area (Å²) in [6.45, 7) is 2.34. The van der Waals surface area contributed by atoms with Crippen molar-refractivity contribution >= 4 is 11.8 Å². The lowest BCUT2D eigenvalue weighted by atomic mass is 9.93. The lowest BCUT2D eigenvalue weighted by Gasteiger charge is -2.31. The maximum Gasteiger partial charge on any atom is 0.287 e. The molecule has 2 aliphatic rings. The average Bonchev–Trinajstić information content (AvgIpc) is 3.56. The Morgan fingerprint density at radius 1 is 1.12 bits per heavy atom. The van der Waals surface area contributed by atoms with Crippen LogP contribution in [0.2, 0.25) is 0 Å². The van der Waals surface area contributed by atoms with Gasteiger partial charge in [-0.1, -0.05) is 12.1 Å². The Bertz CT molecular complexity index is 1170. The van der Waals surface area contributed by atoms with Gasteiger partial charge < -0.3 is 20.0 Å². The second kappa shape index (κ2) is 9.34. The van der Waals surface area contributed by atoms with E-state index in [1.54, 1.807) is 29.3 Å². The third kappa shape index (κ3) is 4.31. The molecule has 176 valence electrons. The van der Waals surface area contributed by atoms with Crippen molar-refractivity contribution in [3.8, 4) is 0 Å². The van der Waals surface area contributed by atoms with Gasteiger partial charge in [0.25, 0.3) is 11.8 Å². The second-order valence-electron chi connectivity index (χ2n) is 8.82. The lowest BCUT2D eigenvalue weighted by molar-refractivity contribution is 0.0702. The number of hydrogen-bond acceptors (Lipinski definition) is 6. The minimum Gasteiger partial charge on any atom is -0.456 e. The molecule has 9 heteroatoms. The second-order valence-corrected chi connectivity index (χ2v) is 8.82. The summed E-state index contributed by atoms with van der Waals surface area (Å²) in [5.74, 6) is -0.0408. The van der Waals surface area contributed by atoms with Crippen LogP contribution in [0.1, 0.15) is 57.5 Å². The summed E-state index contributed by atoms with van der Waals surface area (Å²) in [6, 6.07) is 13.2. The van der Waals surface area contributed by atoms with Gasteiger partial charge in [-0.05, 0) is 62.2 Å². The first-order valence-electron chi connectivity index (χ1n) is 11.5. The minimum atomic E-state index is -0.628. The Morgan fingerprint density at radius 3 is 2.65 bits per heavy atom. The standard InChI is InChI=1S/C25H26FN5O3/c26-19-5-2-1-4-18(19)24(33)31-14-9-17(10-15-31)20-7-8-21(34-20)23(32)29-25(11-13-27-16-25)22-6-3-12-28-30-22/h1-8,12,17,27H,9-11,13-16H2,(H,29,32)/t25-/m0/s1. The molecule has 1 atom stereocenters. The van der Waals surface area contributed by atoms with Crippen LogP contribution in [0.5, 0.6) is 0 Å². The zero-order chi connectivity index (χ0) is 23.5. The van der Waals surface area contributed by atoms with Gasteiger partial charge in [0, 0.05) is 31.7 Å². The molecule has 5 rings (SSSR count). The Kier molecular flexibility index (Phi) is 6.10. The first-order valence-corrected chi connectivity index (χ1v) is 11.5. The highest BCUT2D eigenvalue weighted by atomic mass is 19.1. The molecule has 3 aromatic rings. The number of carbonyl (C=O) groups is 2. The zero-order valence-corrected chi connectivity index (χ0v) is 18.7. The van der Waals surface area contributed by atoms with Crippen molar-refractivity contribution in [2.45, 2.75) is 30.7 Å². The van der Waals surface area contributed by atoms with Crippen LogP contribution in [0, 0.1) is 5.82 Å². The van der Waals surface area contributed by atoms with Crippen LogP contribution in [0.25, 0.3) is 0 Å². The fraction of sp³-hybridized carbons (Fsp3) is 0.360. The number of nitrogens with one attached hydrogen (secondary N) is 2. The highest BCUT2D eigenvalue weighted by Gasteiger charge is 2.39. The van der Waals surface area contributed by atoms with Crippen molar-refractivity contribution in [3.05, 3.63) is 83.3 Å². The molecule has 2 aliphatic heterocycles. The van der Waals surface area contributed by atoms with Crippen molar-refractivity contribution in [2.75, 3.05) is 26.2 Å². The molecule has 2 aromatic heterocycles. The molecule has 2 N–H and O–H groups in total. The maximum atomic E-state index is 14.0. The van der Waals surface area contributed by atoms with E-state index in [0.29, 0.717) is 44.6 Å². The summed E-state index contributed by atoms with van der Waals surface area (Å²) in [4.78, 5) is 27.4. The predicted molar refractivity (Wildman–Crippen MR) is 122 cm³/mol. The number of halogens is 1. The molecule has 0 bridgehead atoms. The Morgan fingerprint density at radius 2 is 1.94 bits per heavy atom. The highest BCUT2D eigenvalue weighted by Crippen LogP contribution is 2.31. The number of aromatic nitrogens is 2. The fourth-order valence-corrected chi connectivity index (χ4v) is 4.78. The number of hydrogen-bond donors (Lipinski definition) is 2. The van der Waals surface area contributed by atoms with Crippen molar-refractivity contribution < 1.29 is 18.4 Å². The minimum absolute atomic E-state index is 0.0910. The van der Waals surface area contributed by atoms with Crippen LogP contribution in [0.15, 0.2) is 59.1 Å². The number of amides is 2. The molecule has 0 aliphatic carbocycles. The van der Waals surface area contributed by atoms with Gasteiger partial charge in [0.05, 0.1) is 16.8 Å². The van der Waals surface area contributed by atoms with Crippen molar-refractivity contribution in [3.63, 3.8) is 0 Å². The molecule has 0 spiro atoms. The molecule has 0 saturated carbocycles. The van der Waals surface area contributed by atoms with Gasteiger partial charge in [-0.15, -0.1) is 0 Å². The first kappa shape index (κ1) is 22.2. The largest absolute Gasteiger partial charge is 0.456 e. The van der Waals surface area contributed by atoms with Gasteiger partial charge in [0.1, 0.15) is 11.6 Å². The summed E-state index contributed by atoms with van der Waals surface area (Å²) in [7, 11) is 0. The highest BCUT2D eigenvalue weighted by molar-refractivity contribution is 5.94.